The first kappa shape index (κ1) is 26.3. The lowest BCUT2D eigenvalue weighted by atomic mass is 9.92. The summed E-state index contributed by atoms with van der Waals surface area (Å²) >= 11 is 0. The van der Waals surface area contributed by atoms with Crippen molar-refractivity contribution in [3.63, 3.8) is 0 Å². The Bertz CT molecular complexity index is 1620. The number of nitrogens with zero attached hydrogens (tertiary/aromatic N) is 5. The normalized spacial score (nSPS) is 16.9. The zero-order valence-corrected chi connectivity index (χ0v) is 22.9. The Morgan fingerprint density at radius 3 is 2.62 bits per heavy atom. The molecule has 39 heavy (non-hydrogen) atoms. The van der Waals surface area contributed by atoms with Crippen molar-refractivity contribution < 1.29 is 9.18 Å². The fraction of sp³-hybridized carbons (Fsp3) is 0.393. The molecule has 0 radical (unpaired) electrons. The summed E-state index contributed by atoms with van der Waals surface area (Å²) in [4.78, 5) is 35.3. The summed E-state index contributed by atoms with van der Waals surface area (Å²) in [5.41, 5.74) is 2.05. The highest BCUT2D eigenvalue weighted by molar-refractivity contribution is 5.89. The van der Waals surface area contributed by atoms with Gasteiger partial charge in [0.2, 0.25) is 5.95 Å². The Labute approximate surface area is 225 Å². The zero-order valence-electron chi connectivity index (χ0n) is 22.9. The number of pyridine rings is 1. The Balaban J connectivity index is 1.38. The largest absolute Gasteiger partial charge is 0.357 e. The van der Waals surface area contributed by atoms with Crippen LogP contribution in [-0.2, 0) is 5.41 Å². The second-order valence-corrected chi connectivity index (χ2v) is 11.2. The second kappa shape index (κ2) is 9.79. The fourth-order valence-electron chi connectivity index (χ4n) is 4.67. The first-order chi connectivity index (χ1) is 18.5. The third-order valence-electron chi connectivity index (χ3n) is 6.82. The van der Waals surface area contributed by atoms with Crippen LogP contribution >= 0.6 is 0 Å². The van der Waals surface area contributed by atoms with Crippen LogP contribution < -0.4 is 21.5 Å². The van der Waals surface area contributed by atoms with Crippen LogP contribution in [0.1, 0.15) is 64.3 Å². The van der Waals surface area contributed by atoms with Gasteiger partial charge in [0.25, 0.3) is 5.56 Å². The predicted octanol–water partition coefficient (Wildman–Crippen LogP) is 4.71. The van der Waals surface area contributed by atoms with Crippen molar-refractivity contribution in [2.75, 3.05) is 17.7 Å². The average molecular weight is 533 g/mol. The highest BCUT2D eigenvalue weighted by atomic mass is 19.1. The van der Waals surface area contributed by atoms with E-state index in [1.165, 1.54) is 16.8 Å². The SMILES string of the molecule is CNc1ncc2cc(C3CC3NC(=O)Nc3cc(C(C)(C)C)nn3-c3cccc(F)c3)c(=O)n(C(C)C)c2n1. The van der Waals surface area contributed by atoms with Crippen molar-refractivity contribution in [3.8, 4) is 5.69 Å². The van der Waals surface area contributed by atoms with Gasteiger partial charge in [-0.3, -0.25) is 14.7 Å². The summed E-state index contributed by atoms with van der Waals surface area (Å²) in [5, 5.41) is 14.2. The number of fused-ring (bicyclic) bond motifs is 1. The van der Waals surface area contributed by atoms with E-state index >= 15 is 0 Å². The van der Waals surface area contributed by atoms with Crippen molar-refractivity contribution in [2.24, 2.45) is 0 Å². The van der Waals surface area contributed by atoms with Crippen LogP contribution in [-0.4, -0.2) is 43.4 Å². The summed E-state index contributed by atoms with van der Waals surface area (Å²) in [6.07, 6.45) is 2.34. The topological polar surface area (TPSA) is 119 Å². The summed E-state index contributed by atoms with van der Waals surface area (Å²) < 4.78 is 17.1. The molecule has 2 amide bonds. The van der Waals surface area contributed by atoms with Gasteiger partial charge in [-0.1, -0.05) is 26.8 Å². The number of rotatable bonds is 6. The maximum atomic E-state index is 13.9. The van der Waals surface area contributed by atoms with Crippen molar-refractivity contribution in [2.45, 2.75) is 64.5 Å². The van der Waals surface area contributed by atoms with Crippen molar-refractivity contribution in [1.82, 2.24) is 29.6 Å². The molecule has 10 nitrogen and oxygen atoms in total. The van der Waals surface area contributed by atoms with E-state index in [2.05, 4.69) is 31.0 Å². The molecule has 1 aliphatic rings. The smallest absolute Gasteiger partial charge is 0.320 e. The summed E-state index contributed by atoms with van der Waals surface area (Å²) in [5.74, 6) is 0.343. The first-order valence-corrected chi connectivity index (χ1v) is 13.0. The molecule has 204 valence electrons. The molecule has 2 unspecified atom stereocenters. The van der Waals surface area contributed by atoms with Gasteiger partial charge in [0, 0.05) is 53.7 Å². The Hall–Kier alpha value is -4.28. The fourth-order valence-corrected chi connectivity index (χ4v) is 4.67. The zero-order chi connectivity index (χ0) is 28.1. The number of nitrogens with one attached hydrogen (secondary N) is 3. The van der Waals surface area contributed by atoms with Gasteiger partial charge in [-0.15, -0.1) is 0 Å². The van der Waals surface area contributed by atoms with Crippen molar-refractivity contribution >= 4 is 28.8 Å². The minimum Gasteiger partial charge on any atom is -0.357 e. The molecule has 11 heteroatoms. The van der Waals surface area contributed by atoms with Gasteiger partial charge in [0.05, 0.1) is 11.4 Å². The molecular weight excluding hydrogens is 499 g/mol. The Morgan fingerprint density at radius 1 is 1.18 bits per heavy atom. The maximum absolute atomic E-state index is 13.9. The number of hydrogen-bond acceptors (Lipinski definition) is 6. The lowest BCUT2D eigenvalue weighted by Gasteiger charge is -2.16. The molecule has 4 aromatic rings. The van der Waals surface area contributed by atoms with Gasteiger partial charge in [-0.25, -0.2) is 18.9 Å². The molecule has 0 bridgehead atoms. The molecule has 1 fully saturated rings. The summed E-state index contributed by atoms with van der Waals surface area (Å²) in [7, 11) is 1.73. The first-order valence-electron chi connectivity index (χ1n) is 13.0. The van der Waals surface area contributed by atoms with Crippen molar-refractivity contribution in [3.05, 3.63) is 70.0 Å². The molecule has 0 saturated heterocycles. The molecule has 3 N–H and O–H groups in total. The molecule has 3 aromatic heterocycles. The third kappa shape index (κ3) is 5.21. The number of amides is 2. The van der Waals surface area contributed by atoms with Crippen LogP contribution in [0.15, 0.2) is 47.4 Å². The molecule has 1 saturated carbocycles. The van der Waals surface area contributed by atoms with E-state index in [1.54, 1.807) is 36.0 Å². The maximum Gasteiger partial charge on any atom is 0.320 e. The van der Waals surface area contributed by atoms with E-state index in [4.69, 9.17) is 0 Å². The molecule has 1 aliphatic carbocycles. The van der Waals surface area contributed by atoms with Crippen LogP contribution in [0.4, 0.5) is 21.0 Å². The number of hydrogen-bond donors (Lipinski definition) is 3. The molecule has 1 aromatic carbocycles. The second-order valence-electron chi connectivity index (χ2n) is 11.2. The van der Waals surface area contributed by atoms with E-state index < -0.39 is 11.8 Å². The molecule has 0 aliphatic heterocycles. The standard InChI is InChI=1S/C28H33FN8O2/c1-15(2)36-24-16(14-31-26(30-6)34-24)10-20(25(36)38)19-12-21(19)32-27(39)33-23-13-22(28(3,4)5)35-37(23)18-9-7-8-17(29)11-18/h7-11,13-15,19,21H,12H2,1-6H3,(H,30,31,34)(H2,32,33,39). The van der Waals surface area contributed by atoms with Gasteiger partial charge >= 0.3 is 6.03 Å². The predicted molar refractivity (Wildman–Crippen MR) is 149 cm³/mol. The summed E-state index contributed by atoms with van der Waals surface area (Å²) in [6, 6.07) is 8.93. The van der Waals surface area contributed by atoms with Gasteiger partial charge in [0.1, 0.15) is 17.3 Å². The van der Waals surface area contributed by atoms with Gasteiger partial charge < -0.3 is 10.6 Å². The van der Waals surface area contributed by atoms with E-state index in [9.17, 15) is 14.0 Å². The number of benzene rings is 1. The molecular formula is C28H33FN8O2. The van der Waals surface area contributed by atoms with Gasteiger partial charge in [-0.05, 0) is 44.5 Å². The number of carbonyl (C=O) groups excluding carboxylic acids is 1. The number of urea groups is 1. The van der Waals surface area contributed by atoms with Crippen LogP contribution in [0.3, 0.4) is 0 Å². The van der Waals surface area contributed by atoms with E-state index in [0.717, 1.165) is 11.1 Å². The number of aromatic nitrogens is 5. The van der Waals surface area contributed by atoms with Crippen LogP contribution in [0.5, 0.6) is 0 Å². The molecule has 5 rings (SSSR count). The number of anilines is 2. The quantitative estimate of drug-likeness (QED) is 0.331. The van der Waals surface area contributed by atoms with Crippen molar-refractivity contribution in [1.29, 1.82) is 0 Å². The van der Waals surface area contributed by atoms with E-state index in [0.29, 0.717) is 35.1 Å². The molecule has 3 heterocycles. The minimum atomic E-state index is -0.424. The van der Waals surface area contributed by atoms with Crippen LogP contribution in [0, 0.1) is 5.82 Å². The monoisotopic (exact) mass is 532 g/mol. The van der Waals surface area contributed by atoms with Gasteiger partial charge in [-0.2, -0.15) is 10.1 Å². The lowest BCUT2D eigenvalue weighted by molar-refractivity contribution is 0.251. The molecule has 0 spiro atoms. The lowest BCUT2D eigenvalue weighted by Crippen LogP contribution is -2.33. The van der Waals surface area contributed by atoms with Crippen LogP contribution in [0.2, 0.25) is 0 Å². The summed E-state index contributed by atoms with van der Waals surface area (Å²) in [6.45, 7) is 9.93. The Morgan fingerprint density at radius 2 is 1.95 bits per heavy atom. The highest BCUT2D eigenvalue weighted by Crippen LogP contribution is 2.40. The highest BCUT2D eigenvalue weighted by Gasteiger charge is 2.42. The van der Waals surface area contributed by atoms with E-state index in [1.807, 2.05) is 40.7 Å². The van der Waals surface area contributed by atoms with Crippen LogP contribution in [0.25, 0.3) is 16.7 Å². The molecule has 2 atom stereocenters. The third-order valence-corrected chi connectivity index (χ3v) is 6.82. The number of halogens is 1. The minimum absolute atomic E-state index is 0.104. The van der Waals surface area contributed by atoms with Gasteiger partial charge in [0.15, 0.2) is 0 Å². The van der Waals surface area contributed by atoms with E-state index in [-0.39, 0.29) is 29.0 Å². The average Bonchev–Trinajstić information content (AvgIpc) is 3.48. The number of carbonyl (C=O) groups is 1. The Kier molecular flexibility index (Phi) is 6.61.